The van der Waals surface area contributed by atoms with Crippen LogP contribution in [-0.2, 0) is 0 Å². The number of rotatable bonds is 4. The van der Waals surface area contributed by atoms with Gasteiger partial charge in [-0.1, -0.05) is 6.92 Å². The van der Waals surface area contributed by atoms with Gasteiger partial charge in [0.25, 0.3) is 11.8 Å². The van der Waals surface area contributed by atoms with Crippen molar-refractivity contribution in [2.75, 3.05) is 18.4 Å². The van der Waals surface area contributed by atoms with Crippen LogP contribution in [0.5, 0.6) is 0 Å². The Kier molecular flexibility index (Phi) is 5.24. The zero-order chi connectivity index (χ0) is 18.0. The van der Waals surface area contributed by atoms with Crippen LogP contribution in [0.25, 0.3) is 0 Å². The van der Waals surface area contributed by atoms with Crippen LogP contribution in [0.1, 0.15) is 45.6 Å². The second kappa shape index (κ2) is 7.41. The number of carbonyl (C=O) groups excluding carboxylic acids is 2. The topological polar surface area (TPSA) is 88.6 Å². The van der Waals surface area contributed by atoms with E-state index in [9.17, 15) is 9.59 Å². The minimum atomic E-state index is -0.322. The van der Waals surface area contributed by atoms with E-state index in [0.29, 0.717) is 22.3 Å². The van der Waals surface area contributed by atoms with Crippen molar-refractivity contribution in [1.29, 1.82) is 0 Å². The van der Waals surface area contributed by atoms with Crippen molar-refractivity contribution in [3.8, 4) is 0 Å². The summed E-state index contributed by atoms with van der Waals surface area (Å²) in [6.07, 6.45) is 3.39. The molecule has 2 unspecified atom stereocenters. The van der Waals surface area contributed by atoms with Gasteiger partial charge in [0, 0.05) is 19.1 Å². The van der Waals surface area contributed by atoms with Gasteiger partial charge in [-0.15, -0.1) is 11.3 Å². The Bertz CT molecular complexity index is 754. The van der Waals surface area contributed by atoms with E-state index in [1.54, 1.807) is 12.1 Å². The number of furan rings is 1. The third-order valence-corrected chi connectivity index (χ3v) is 5.75. The molecule has 1 aliphatic rings. The molecule has 7 heteroatoms. The second-order valence-electron chi connectivity index (χ2n) is 6.57. The highest BCUT2D eigenvalue weighted by atomic mass is 32.1. The van der Waals surface area contributed by atoms with Gasteiger partial charge < -0.3 is 20.4 Å². The van der Waals surface area contributed by atoms with E-state index in [1.165, 1.54) is 17.6 Å². The summed E-state index contributed by atoms with van der Waals surface area (Å²) in [7, 11) is 0. The normalized spacial score (nSPS) is 20.5. The van der Waals surface area contributed by atoms with Gasteiger partial charge in [0.15, 0.2) is 5.76 Å². The Balaban J connectivity index is 1.75. The molecule has 134 valence electrons. The molecule has 3 N–H and O–H groups in total. The second-order valence-corrected chi connectivity index (χ2v) is 7.62. The average Bonchev–Trinajstić information content (AvgIpc) is 3.24. The molecule has 1 fully saturated rings. The first-order valence-corrected chi connectivity index (χ1v) is 9.27. The lowest BCUT2D eigenvalue weighted by Crippen LogP contribution is -2.49. The van der Waals surface area contributed by atoms with Gasteiger partial charge >= 0.3 is 0 Å². The number of likely N-dealkylation sites (tertiary alicyclic amines) is 1. The number of nitrogens with zero attached hydrogens (tertiary/aromatic N) is 1. The van der Waals surface area contributed by atoms with Gasteiger partial charge in [-0.2, -0.15) is 0 Å². The fourth-order valence-corrected chi connectivity index (χ4v) is 4.23. The number of aryl methyl sites for hydroxylation is 1. The highest BCUT2D eigenvalue weighted by Gasteiger charge is 2.31. The Morgan fingerprint density at radius 1 is 1.48 bits per heavy atom. The predicted molar refractivity (Wildman–Crippen MR) is 98.0 cm³/mol. The maximum absolute atomic E-state index is 13.0. The van der Waals surface area contributed by atoms with E-state index in [-0.39, 0.29) is 23.6 Å². The van der Waals surface area contributed by atoms with Crippen molar-refractivity contribution >= 4 is 28.2 Å². The van der Waals surface area contributed by atoms with Gasteiger partial charge in [-0.05, 0) is 49.4 Å². The van der Waals surface area contributed by atoms with E-state index in [4.69, 9.17) is 10.2 Å². The summed E-state index contributed by atoms with van der Waals surface area (Å²) in [5.74, 6) is 0.512. The molecule has 1 saturated heterocycles. The molecular formula is C18H23N3O3S. The SMILES string of the molecule is Cc1cc(NC(=O)c2ccco2)sc1C(=O)N1CCC(C)CC1CN. The molecule has 25 heavy (non-hydrogen) atoms. The maximum Gasteiger partial charge on any atom is 0.291 e. The van der Waals surface area contributed by atoms with Gasteiger partial charge in [-0.25, -0.2) is 0 Å². The molecule has 0 aliphatic carbocycles. The van der Waals surface area contributed by atoms with Crippen molar-refractivity contribution < 1.29 is 14.0 Å². The number of piperidine rings is 1. The van der Waals surface area contributed by atoms with Crippen molar-refractivity contribution in [2.45, 2.75) is 32.7 Å². The van der Waals surface area contributed by atoms with Gasteiger partial charge in [-0.3, -0.25) is 9.59 Å². The molecule has 0 bridgehead atoms. The number of amides is 2. The van der Waals surface area contributed by atoms with Crippen LogP contribution in [0.4, 0.5) is 5.00 Å². The van der Waals surface area contributed by atoms with Crippen molar-refractivity contribution in [2.24, 2.45) is 11.7 Å². The Morgan fingerprint density at radius 2 is 2.28 bits per heavy atom. The van der Waals surface area contributed by atoms with Gasteiger partial charge in [0.1, 0.15) is 0 Å². The number of nitrogens with one attached hydrogen (secondary N) is 1. The summed E-state index contributed by atoms with van der Waals surface area (Å²) in [6, 6.07) is 5.16. The molecule has 0 radical (unpaired) electrons. The number of anilines is 1. The molecule has 2 atom stereocenters. The highest BCUT2D eigenvalue weighted by Crippen LogP contribution is 2.31. The lowest BCUT2D eigenvalue weighted by atomic mass is 9.92. The molecule has 3 rings (SSSR count). The number of thiophene rings is 1. The van der Waals surface area contributed by atoms with E-state index >= 15 is 0 Å². The first-order valence-electron chi connectivity index (χ1n) is 8.46. The first kappa shape index (κ1) is 17.7. The number of hydrogen-bond acceptors (Lipinski definition) is 5. The van der Waals surface area contributed by atoms with Gasteiger partial charge in [0.05, 0.1) is 16.1 Å². The van der Waals surface area contributed by atoms with Crippen molar-refractivity contribution in [3.63, 3.8) is 0 Å². The lowest BCUT2D eigenvalue weighted by Gasteiger charge is -2.37. The monoisotopic (exact) mass is 361 g/mol. The summed E-state index contributed by atoms with van der Waals surface area (Å²) in [4.78, 5) is 27.6. The molecule has 6 nitrogen and oxygen atoms in total. The Morgan fingerprint density at radius 3 is 2.96 bits per heavy atom. The number of nitrogens with two attached hydrogens (primary N) is 1. The minimum Gasteiger partial charge on any atom is -0.459 e. The lowest BCUT2D eigenvalue weighted by molar-refractivity contribution is 0.0578. The molecular weight excluding hydrogens is 338 g/mol. The first-order chi connectivity index (χ1) is 12.0. The quantitative estimate of drug-likeness (QED) is 0.876. The van der Waals surface area contributed by atoms with Crippen molar-refractivity contribution in [3.05, 3.63) is 40.7 Å². The maximum atomic E-state index is 13.0. The molecule has 1 aliphatic heterocycles. The fourth-order valence-electron chi connectivity index (χ4n) is 3.21. The zero-order valence-electron chi connectivity index (χ0n) is 14.5. The van der Waals surface area contributed by atoms with E-state index in [2.05, 4.69) is 12.2 Å². The largest absolute Gasteiger partial charge is 0.459 e. The summed E-state index contributed by atoms with van der Waals surface area (Å²) in [5.41, 5.74) is 6.74. The Hall–Kier alpha value is -2.12. The molecule has 3 heterocycles. The summed E-state index contributed by atoms with van der Waals surface area (Å²) in [5, 5.41) is 3.42. The molecule has 2 aromatic rings. The van der Waals surface area contributed by atoms with E-state index < -0.39 is 0 Å². The molecule has 0 spiro atoms. The fraction of sp³-hybridized carbons (Fsp3) is 0.444. The third-order valence-electron chi connectivity index (χ3n) is 4.60. The third kappa shape index (κ3) is 3.77. The van der Waals surface area contributed by atoms with Crippen LogP contribution in [0.2, 0.25) is 0 Å². The summed E-state index contributed by atoms with van der Waals surface area (Å²) >= 11 is 1.29. The molecule has 2 amide bonds. The van der Waals surface area contributed by atoms with Crippen LogP contribution in [0, 0.1) is 12.8 Å². The minimum absolute atomic E-state index is 0.00310. The van der Waals surface area contributed by atoms with Crippen LogP contribution in [-0.4, -0.2) is 35.8 Å². The van der Waals surface area contributed by atoms with Crippen LogP contribution < -0.4 is 11.1 Å². The van der Waals surface area contributed by atoms with Gasteiger partial charge in [0.2, 0.25) is 0 Å². The molecule has 0 saturated carbocycles. The highest BCUT2D eigenvalue weighted by molar-refractivity contribution is 7.18. The molecule has 0 aromatic carbocycles. The number of hydrogen-bond donors (Lipinski definition) is 2. The van der Waals surface area contributed by atoms with Crippen molar-refractivity contribution in [1.82, 2.24) is 4.90 Å². The standard InChI is InChI=1S/C18H23N3O3S/c1-11-5-6-21(13(8-11)10-19)18(23)16-12(2)9-15(25-16)20-17(22)14-4-3-7-24-14/h3-4,7,9,11,13H,5-6,8,10,19H2,1-2H3,(H,20,22). The van der Waals surface area contributed by atoms with Crippen LogP contribution in [0.3, 0.4) is 0 Å². The Labute approximate surface area is 151 Å². The number of carbonyl (C=O) groups is 2. The van der Waals surface area contributed by atoms with E-state index in [0.717, 1.165) is 24.9 Å². The summed E-state index contributed by atoms with van der Waals surface area (Å²) in [6.45, 7) is 5.29. The smallest absolute Gasteiger partial charge is 0.291 e. The zero-order valence-corrected chi connectivity index (χ0v) is 15.3. The van der Waals surface area contributed by atoms with Crippen LogP contribution >= 0.6 is 11.3 Å². The predicted octanol–water partition coefficient (Wildman–Crippen LogP) is 3.10. The van der Waals surface area contributed by atoms with Crippen LogP contribution in [0.15, 0.2) is 28.9 Å². The summed E-state index contributed by atoms with van der Waals surface area (Å²) < 4.78 is 5.09. The molecule has 2 aromatic heterocycles. The average molecular weight is 361 g/mol. The van der Waals surface area contributed by atoms with E-state index in [1.807, 2.05) is 17.9 Å².